The van der Waals surface area contributed by atoms with Crippen LogP contribution < -0.4 is 11.1 Å². The molecule has 0 aromatic heterocycles. The van der Waals surface area contributed by atoms with E-state index in [0.717, 1.165) is 0 Å². The maximum Gasteiger partial charge on any atom is 0.236 e. The fourth-order valence-electron chi connectivity index (χ4n) is 1.04. The number of amides is 2. The Morgan fingerprint density at radius 2 is 1.87 bits per heavy atom. The molecule has 0 saturated heterocycles. The molecule has 0 aliphatic carbocycles. The minimum Gasteiger partial charge on any atom is -0.368 e. The lowest BCUT2D eigenvalue weighted by Gasteiger charge is -2.02. The molecule has 15 heavy (non-hydrogen) atoms. The first kappa shape index (κ1) is 11.2. The van der Waals surface area contributed by atoms with Crippen molar-refractivity contribution in [3.63, 3.8) is 0 Å². The molecule has 0 bridgehead atoms. The average Bonchev–Trinajstić information content (AvgIpc) is 2.19. The number of rotatable bonds is 4. The summed E-state index contributed by atoms with van der Waals surface area (Å²) in [6, 6.07) is 5.58. The van der Waals surface area contributed by atoms with Gasteiger partial charge >= 0.3 is 0 Å². The Morgan fingerprint density at radius 3 is 2.40 bits per heavy atom. The van der Waals surface area contributed by atoms with Crippen LogP contribution in [0.5, 0.6) is 0 Å². The Balaban J connectivity index is 2.44. The Morgan fingerprint density at radius 1 is 1.27 bits per heavy atom. The second-order valence-corrected chi connectivity index (χ2v) is 3.05. The van der Waals surface area contributed by atoms with Gasteiger partial charge in [-0.2, -0.15) is 0 Å². The summed E-state index contributed by atoms with van der Waals surface area (Å²) in [6.45, 7) is -0.181. The van der Waals surface area contributed by atoms with Crippen LogP contribution in [0.15, 0.2) is 24.3 Å². The van der Waals surface area contributed by atoms with E-state index in [0.29, 0.717) is 5.56 Å². The molecule has 0 radical (unpaired) electrons. The quantitative estimate of drug-likeness (QED) is 0.732. The fraction of sp³-hybridized carbons (Fsp3) is 0.200. The van der Waals surface area contributed by atoms with E-state index in [1.165, 1.54) is 24.3 Å². The van der Waals surface area contributed by atoms with E-state index >= 15 is 0 Å². The van der Waals surface area contributed by atoms with Gasteiger partial charge in [0, 0.05) is 0 Å². The van der Waals surface area contributed by atoms with Crippen LogP contribution in [-0.4, -0.2) is 18.4 Å². The van der Waals surface area contributed by atoms with Gasteiger partial charge < -0.3 is 11.1 Å². The topological polar surface area (TPSA) is 72.2 Å². The molecule has 3 N–H and O–H groups in total. The van der Waals surface area contributed by atoms with Gasteiger partial charge in [0.2, 0.25) is 11.8 Å². The highest BCUT2D eigenvalue weighted by atomic mass is 19.1. The van der Waals surface area contributed by atoms with E-state index in [-0.39, 0.29) is 24.7 Å². The van der Waals surface area contributed by atoms with Crippen molar-refractivity contribution in [3.8, 4) is 0 Å². The van der Waals surface area contributed by atoms with Gasteiger partial charge in [-0.15, -0.1) is 0 Å². The molecule has 5 heteroatoms. The second kappa shape index (κ2) is 5.09. The molecule has 0 saturated carbocycles. The summed E-state index contributed by atoms with van der Waals surface area (Å²) in [7, 11) is 0. The van der Waals surface area contributed by atoms with Gasteiger partial charge in [0.05, 0.1) is 13.0 Å². The minimum atomic E-state index is -0.595. The lowest BCUT2D eigenvalue weighted by Crippen LogP contribution is -2.34. The largest absolute Gasteiger partial charge is 0.368 e. The van der Waals surface area contributed by atoms with Crippen LogP contribution in [0.2, 0.25) is 0 Å². The predicted molar refractivity (Wildman–Crippen MR) is 52.3 cm³/mol. The maximum absolute atomic E-state index is 12.5. The van der Waals surface area contributed by atoms with Crippen molar-refractivity contribution in [3.05, 3.63) is 35.6 Å². The number of carbonyl (C=O) groups is 2. The maximum atomic E-state index is 12.5. The van der Waals surface area contributed by atoms with E-state index in [9.17, 15) is 14.0 Å². The minimum absolute atomic E-state index is 0.105. The normalized spacial score (nSPS) is 9.67. The van der Waals surface area contributed by atoms with Crippen molar-refractivity contribution in [2.45, 2.75) is 6.42 Å². The summed E-state index contributed by atoms with van der Waals surface area (Å²) in [5.74, 6) is -1.26. The molecule has 0 aliphatic heterocycles. The van der Waals surface area contributed by atoms with E-state index in [1.54, 1.807) is 0 Å². The number of hydrogen-bond acceptors (Lipinski definition) is 2. The first-order valence-electron chi connectivity index (χ1n) is 4.37. The predicted octanol–water partition coefficient (Wildman–Crippen LogP) is -0.0303. The molecule has 0 atom stereocenters. The molecule has 0 unspecified atom stereocenters. The summed E-state index contributed by atoms with van der Waals surface area (Å²) in [5.41, 5.74) is 5.53. The summed E-state index contributed by atoms with van der Waals surface area (Å²) in [4.78, 5) is 21.5. The van der Waals surface area contributed by atoms with E-state index in [4.69, 9.17) is 5.73 Å². The lowest BCUT2D eigenvalue weighted by molar-refractivity contribution is -0.124. The summed E-state index contributed by atoms with van der Waals surface area (Å²) in [5, 5.41) is 2.34. The highest BCUT2D eigenvalue weighted by Crippen LogP contribution is 2.03. The number of benzene rings is 1. The third-order valence-corrected chi connectivity index (χ3v) is 1.74. The second-order valence-electron chi connectivity index (χ2n) is 3.05. The van der Waals surface area contributed by atoms with Crippen LogP contribution in [0.4, 0.5) is 4.39 Å². The van der Waals surface area contributed by atoms with Gasteiger partial charge in [-0.3, -0.25) is 9.59 Å². The number of hydrogen-bond donors (Lipinski definition) is 2. The zero-order valence-electron chi connectivity index (χ0n) is 8.00. The Bertz CT molecular complexity index is 362. The van der Waals surface area contributed by atoms with Gasteiger partial charge in [-0.1, -0.05) is 12.1 Å². The van der Waals surface area contributed by atoms with Gasteiger partial charge in [-0.25, -0.2) is 4.39 Å². The van der Waals surface area contributed by atoms with Crippen molar-refractivity contribution in [2.24, 2.45) is 5.73 Å². The molecule has 1 aromatic carbocycles. The van der Waals surface area contributed by atoms with Crippen LogP contribution >= 0.6 is 0 Å². The van der Waals surface area contributed by atoms with E-state index in [2.05, 4.69) is 5.32 Å². The van der Waals surface area contributed by atoms with Crippen molar-refractivity contribution in [1.29, 1.82) is 0 Å². The van der Waals surface area contributed by atoms with Gasteiger partial charge in [0.15, 0.2) is 0 Å². The van der Waals surface area contributed by atoms with Crippen LogP contribution in [0.1, 0.15) is 5.56 Å². The van der Waals surface area contributed by atoms with Crippen LogP contribution in [0, 0.1) is 5.82 Å². The molecule has 1 rings (SSSR count). The zero-order valence-corrected chi connectivity index (χ0v) is 8.00. The molecule has 0 fully saturated rings. The smallest absolute Gasteiger partial charge is 0.236 e. The van der Waals surface area contributed by atoms with Crippen molar-refractivity contribution >= 4 is 11.8 Å². The van der Waals surface area contributed by atoms with E-state index in [1.807, 2.05) is 0 Å². The third kappa shape index (κ3) is 4.21. The summed E-state index contributed by atoms with van der Waals surface area (Å²) in [6.07, 6.45) is 0.105. The molecule has 2 amide bonds. The summed E-state index contributed by atoms with van der Waals surface area (Å²) >= 11 is 0. The van der Waals surface area contributed by atoms with Gasteiger partial charge in [0.1, 0.15) is 5.82 Å². The van der Waals surface area contributed by atoms with Gasteiger partial charge in [0.25, 0.3) is 0 Å². The first-order valence-corrected chi connectivity index (χ1v) is 4.37. The standard InChI is InChI=1S/C10H11FN2O2/c11-8-3-1-7(2-4-8)5-10(15)13-6-9(12)14/h1-4H,5-6H2,(H2,12,14)(H,13,15). The fourth-order valence-corrected chi connectivity index (χ4v) is 1.04. The lowest BCUT2D eigenvalue weighted by atomic mass is 10.1. The SMILES string of the molecule is NC(=O)CNC(=O)Cc1ccc(F)cc1. The van der Waals surface area contributed by atoms with E-state index < -0.39 is 5.91 Å². The number of halogens is 1. The molecular weight excluding hydrogens is 199 g/mol. The Hall–Kier alpha value is -1.91. The first-order chi connectivity index (χ1) is 7.08. The highest BCUT2D eigenvalue weighted by Gasteiger charge is 2.04. The summed E-state index contributed by atoms with van der Waals surface area (Å²) < 4.78 is 12.5. The van der Waals surface area contributed by atoms with Crippen LogP contribution in [0.25, 0.3) is 0 Å². The average molecular weight is 210 g/mol. The zero-order chi connectivity index (χ0) is 11.3. The molecule has 80 valence electrons. The number of nitrogens with two attached hydrogens (primary N) is 1. The molecule has 0 aliphatic rings. The number of primary amides is 1. The molecule has 0 heterocycles. The number of carbonyl (C=O) groups excluding carboxylic acids is 2. The van der Waals surface area contributed by atoms with Crippen LogP contribution in [-0.2, 0) is 16.0 Å². The molecule has 4 nitrogen and oxygen atoms in total. The van der Waals surface area contributed by atoms with Crippen molar-refractivity contribution < 1.29 is 14.0 Å². The highest BCUT2D eigenvalue weighted by molar-refractivity contribution is 5.84. The Kier molecular flexibility index (Phi) is 3.79. The molecular formula is C10H11FN2O2. The molecule has 0 spiro atoms. The third-order valence-electron chi connectivity index (χ3n) is 1.74. The Labute approximate surface area is 86.3 Å². The van der Waals surface area contributed by atoms with Crippen LogP contribution in [0.3, 0.4) is 0 Å². The van der Waals surface area contributed by atoms with Gasteiger partial charge in [-0.05, 0) is 17.7 Å². The van der Waals surface area contributed by atoms with Crippen molar-refractivity contribution in [1.82, 2.24) is 5.32 Å². The number of nitrogens with one attached hydrogen (secondary N) is 1. The monoisotopic (exact) mass is 210 g/mol. The van der Waals surface area contributed by atoms with Crippen molar-refractivity contribution in [2.75, 3.05) is 6.54 Å². The molecule has 1 aromatic rings.